The molecule has 1 rings (SSSR count). The summed E-state index contributed by atoms with van der Waals surface area (Å²) >= 11 is 0. The van der Waals surface area contributed by atoms with Crippen LogP contribution in [-0.2, 0) is 14.9 Å². The van der Waals surface area contributed by atoms with Gasteiger partial charge < -0.3 is 4.74 Å². The second-order valence-corrected chi connectivity index (χ2v) is 4.28. The normalized spacial score (nSPS) is 10.9. The van der Waals surface area contributed by atoms with Crippen molar-refractivity contribution in [2.45, 2.75) is 13.8 Å². The van der Waals surface area contributed by atoms with E-state index in [0.717, 1.165) is 0 Å². The molecule has 0 aliphatic carbocycles. The molecule has 0 aliphatic heterocycles. The monoisotopic (exact) mass is 248 g/mol. The molecule has 16 heavy (non-hydrogen) atoms. The summed E-state index contributed by atoms with van der Waals surface area (Å²) in [6.45, 7) is 3.36. The van der Waals surface area contributed by atoms with Crippen molar-refractivity contribution in [2.24, 2.45) is 0 Å². The average Bonchev–Trinajstić information content (AvgIpc) is 2.49. The van der Waals surface area contributed by atoms with Crippen LogP contribution in [0.2, 0.25) is 0 Å². The first-order valence-corrected chi connectivity index (χ1v) is 5.90. The number of H-pyrrole nitrogens is 1. The number of aryl methyl sites for hydroxylation is 1. The summed E-state index contributed by atoms with van der Waals surface area (Å²) in [6, 6.07) is 1.48. The summed E-state index contributed by atoms with van der Waals surface area (Å²) in [5.74, 6) is 0.0919. The van der Waals surface area contributed by atoms with Crippen LogP contribution in [0.15, 0.2) is 6.07 Å². The second kappa shape index (κ2) is 4.84. The van der Waals surface area contributed by atoms with Gasteiger partial charge in [-0.15, -0.1) is 0 Å². The third-order valence-electron chi connectivity index (χ3n) is 1.44. The van der Waals surface area contributed by atoms with Gasteiger partial charge in [0, 0.05) is 11.8 Å². The lowest BCUT2D eigenvalue weighted by atomic mass is 10.5. The van der Waals surface area contributed by atoms with Crippen LogP contribution in [0.1, 0.15) is 12.6 Å². The largest absolute Gasteiger partial charge is 0.449 e. The molecule has 1 heterocycles. The standard InChI is InChI=1S/C7H12N4O4S/c1-3-15-7(12)11-16(13,14)10-6-4-5(2)8-9-6/h4H,3H2,1-2H3,(H,11,12)(H2,8,9,10). The second-order valence-electron chi connectivity index (χ2n) is 2.86. The Kier molecular flexibility index (Phi) is 3.72. The van der Waals surface area contributed by atoms with Crippen LogP contribution in [-0.4, -0.2) is 31.3 Å². The van der Waals surface area contributed by atoms with Crippen LogP contribution in [0.4, 0.5) is 10.6 Å². The first kappa shape index (κ1) is 12.3. The number of nitrogens with zero attached hydrogens (tertiary/aromatic N) is 1. The lowest BCUT2D eigenvalue weighted by Crippen LogP contribution is -2.35. The maximum atomic E-state index is 11.3. The fourth-order valence-electron chi connectivity index (χ4n) is 0.904. The predicted octanol–water partition coefficient (Wildman–Crippen LogP) is 0.121. The molecule has 9 heteroatoms. The summed E-state index contributed by atoms with van der Waals surface area (Å²) in [4.78, 5) is 10.9. The van der Waals surface area contributed by atoms with E-state index in [1.54, 1.807) is 18.6 Å². The quantitative estimate of drug-likeness (QED) is 0.700. The molecule has 0 unspecified atom stereocenters. The zero-order valence-corrected chi connectivity index (χ0v) is 9.59. The molecular weight excluding hydrogens is 236 g/mol. The number of hydrogen-bond donors (Lipinski definition) is 3. The van der Waals surface area contributed by atoms with E-state index < -0.39 is 16.3 Å². The first-order chi connectivity index (χ1) is 7.43. The van der Waals surface area contributed by atoms with Crippen molar-refractivity contribution in [3.63, 3.8) is 0 Å². The van der Waals surface area contributed by atoms with Gasteiger partial charge >= 0.3 is 16.3 Å². The van der Waals surface area contributed by atoms with Crippen molar-refractivity contribution in [3.8, 4) is 0 Å². The molecule has 0 radical (unpaired) electrons. The van der Waals surface area contributed by atoms with Crippen molar-refractivity contribution in [1.82, 2.24) is 14.9 Å². The van der Waals surface area contributed by atoms with E-state index in [0.29, 0.717) is 5.69 Å². The van der Waals surface area contributed by atoms with E-state index in [1.165, 1.54) is 6.07 Å². The number of aromatic amines is 1. The van der Waals surface area contributed by atoms with E-state index in [4.69, 9.17) is 0 Å². The lowest BCUT2D eigenvalue weighted by Gasteiger charge is -2.06. The van der Waals surface area contributed by atoms with Crippen LogP contribution in [0, 0.1) is 6.92 Å². The van der Waals surface area contributed by atoms with Crippen molar-refractivity contribution in [3.05, 3.63) is 11.8 Å². The van der Waals surface area contributed by atoms with Gasteiger partial charge in [0.2, 0.25) is 0 Å². The van der Waals surface area contributed by atoms with Gasteiger partial charge in [0.15, 0.2) is 5.82 Å². The van der Waals surface area contributed by atoms with Crippen LogP contribution in [0.25, 0.3) is 0 Å². The Balaban J connectivity index is 2.62. The van der Waals surface area contributed by atoms with Gasteiger partial charge in [-0.2, -0.15) is 13.5 Å². The lowest BCUT2D eigenvalue weighted by molar-refractivity contribution is 0.159. The number of aromatic nitrogens is 2. The fraction of sp³-hybridized carbons (Fsp3) is 0.429. The van der Waals surface area contributed by atoms with Crippen molar-refractivity contribution >= 4 is 22.1 Å². The van der Waals surface area contributed by atoms with Crippen molar-refractivity contribution in [1.29, 1.82) is 0 Å². The zero-order valence-electron chi connectivity index (χ0n) is 8.77. The molecule has 0 bridgehead atoms. The van der Waals surface area contributed by atoms with Crippen molar-refractivity contribution < 1.29 is 17.9 Å². The molecule has 8 nitrogen and oxygen atoms in total. The highest BCUT2D eigenvalue weighted by atomic mass is 32.2. The Bertz CT molecular complexity index is 466. The van der Waals surface area contributed by atoms with Gasteiger partial charge in [-0.05, 0) is 13.8 Å². The molecule has 0 spiro atoms. The molecule has 0 atom stereocenters. The smallest absolute Gasteiger partial charge is 0.422 e. The van der Waals surface area contributed by atoms with E-state index in [-0.39, 0.29) is 12.4 Å². The van der Waals surface area contributed by atoms with E-state index in [2.05, 4.69) is 14.9 Å². The summed E-state index contributed by atoms with van der Waals surface area (Å²) in [6.07, 6.45) is -1.04. The number of amides is 1. The molecule has 1 aromatic heterocycles. The summed E-state index contributed by atoms with van der Waals surface area (Å²) < 4.78 is 30.8. The van der Waals surface area contributed by atoms with Crippen LogP contribution < -0.4 is 9.44 Å². The van der Waals surface area contributed by atoms with Gasteiger partial charge in [0.25, 0.3) is 0 Å². The van der Waals surface area contributed by atoms with Gasteiger partial charge in [-0.1, -0.05) is 0 Å². The van der Waals surface area contributed by atoms with Gasteiger partial charge in [-0.25, -0.2) is 14.2 Å². The minimum absolute atomic E-state index is 0.0862. The predicted molar refractivity (Wildman–Crippen MR) is 56.0 cm³/mol. The highest BCUT2D eigenvalue weighted by Gasteiger charge is 2.15. The Morgan fingerprint density at radius 2 is 2.31 bits per heavy atom. The minimum Gasteiger partial charge on any atom is -0.449 e. The third-order valence-corrected chi connectivity index (χ3v) is 2.35. The number of carbonyl (C=O) groups is 1. The highest BCUT2D eigenvalue weighted by molar-refractivity contribution is 7.91. The molecular formula is C7H12N4O4S. The zero-order chi connectivity index (χ0) is 12.2. The fourth-order valence-corrected chi connectivity index (χ4v) is 1.61. The molecule has 1 aromatic rings. The third kappa shape index (κ3) is 3.77. The van der Waals surface area contributed by atoms with Crippen LogP contribution in [0.3, 0.4) is 0 Å². The average molecular weight is 248 g/mol. The van der Waals surface area contributed by atoms with Gasteiger partial charge in [0.1, 0.15) is 0 Å². The molecule has 0 fully saturated rings. The van der Waals surface area contributed by atoms with Crippen LogP contribution in [0.5, 0.6) is 0 Å². The maximum absolute atomic E-state index is 11.3. The molecule has 0 saturated carbocycles. The number of hydrogen-bond acceptors (Lipinski definition) is 5. The summed E-state index contributed by atoms with van der Waals surface area (Å²) in [5.41, 5.74) is 0.689. The van der Waals surface area contributed by atoms with Gasteiger partial charge in [-0.3, -0.25) is 5.10 Å². The van der Waals surface area contributed by atoms with Gasteiger partial charge in [0.05, 0.1) is 6.61 Å². The first-order valence-electron chi connectivity index (χ1n) is 4.42. The number of ether oxygens (including phenoxy) is 1. The summed E-state index contributed by atoms with van der Waals surface area (Å²) in [7, 11) is -4.00. The number of rotatable bonds is 4. The number of anilines is 1. The number of nitrogens with one attached hydrogen (secondary N) is 3. The number of carbonyl (C=O) groups excluding carboxylic acids is 1. The molecule has 90 valence electrons. The van der Waals surface area contributed by atoms with Crippen molar-refractivity contribution in [2.75, 3.05) is 11.3 Å². The molecule has 3 N–H and O–H groups in total. The van der Waals surface area contributed by atoms with E-state index in [1.807, 2.05) is 4.72 Å². The Labute approximate surface area is 92.6 Å². The van der Waals surface area contributed by atoms with E-state index >= 15 is 0 Å². The molecule has 0 aromatic carbocycles. The highest BCUT2D eigenvalue weighted by Crippen LogP contribution is 2.05. The minimum atomic E-state index is -4.00. The molecule has 1 amide bonds. The Morgan fingerprint density at radius 3 is 2.81 bits per heavy atom. The van der Waals surface area contributed by atoms with E-state index in [9.17, 15) is 13.2 Å². The maximum Gasteiger partial charge on any atom is 0.422 e. The topological polar surface area (TPSA) is 113 Å². The Hall–Kier alpha value is -1.77. The Morgan fingerprint density at radius 1 is 1.62 bits per heavy atom. The molecule has 0 saturated heterocycles. The van der Waals surface area contributed by atoms with Crippen LogP contribution >= 0.6 is 0 Å². The summed E-state index contributed by atoms with van der Waals surface area (Å²) in [5, 5.41) is 6.20. The molecule has 0 aliphatic rings. The SMILES string of the molecule is CCOC(=O)NS(=O)(=O)Nc1cc(C)[nH]n1.